The maximum absolute atomic E-state index is 13.1. The third-order valence-electron chi connectivity index (χ3n) is 4.32. The molecule has 0 atom stereocenters. The van der Waals surface area contributed by atoms with E-state index < -0.39 is 18.2 Å². The Morgan fingerprint density at radius 1 is 1.23 bits per heavy atom. The molecule has 0 bridgehead atoms. The lowest BCUT2D eigenvalue weighted by atomic mass is 9.84. The largest absolute Gasteiger partial charge is 0.434 e. The summed E-state index contributed by atoms with van der Waals surface area (Å²) < 4.78 is 71.2. The van der Waals surface area contributed by atoms with E-state index in [9.17, 15) is 22.0 Å². The Morgan fingerprint density at radius 3 is 2.23 bits per heavy atom. The van der Waals surface area contributed by atoms with Crippen LogP contribution in [0.2, 0.25) is 5.02 Å². The van der Waals surface area contributed by atoms with Gasteiger partial charge in [0.05, 0.1) is 21.8 Å². The number of aryl methyl sites for hydroxylation is 2. The molecule has 0 saturated heterocycles. The van der Waals surface area contributed by atoms with E-state index in [1.165, 1.54) is 22.9 Å². The molecule has 2 aromatic rings. The van der Waals surface area contributed by atoms with Crippen molar-refractivity contribution in [1.29, 1.82) is 0 Å². The lowest BCUT2D eigenvalue weighted by Crippen LogP contribution is -2.34. The molecule has 1 heterocycles. The number of hydrogen-bond acceptors (Lipinski definition) is 4. The van der Waals surface area contributed by atoms with Gasteiger partial charge in [-0.1, -0.05) is 38.4 Å². The second-order valence-corrected chi connectivity index (χ2v) is 7.32. The van der Waals surface area contributed by atoms with Crippen LogP contribution in [0.25, 0.3) is 11.3 Å². The molecular weight excluding hydrogens is 435 g/mol. The van der Waals surface area contributed by atoms with Gasteiger partial charge in [0, 0.05) is 12.6 Å². The number of rotatable bonds is 6. The zero-order valence-corrected chi connectivity index (χ0v) is 17.4. The monoisotopic (exact) mass is 454 g/mol. The normalized spacial score (nSPS) is 11.7. The van der Waals surface area contributed by atoms with Gasteiger partial charge in [-0.25, -0.2) is 0 Å². The van der Waals surface area contributed by atoms with Crippen LogP contribution in [0.3, 0.4) is 0 Å². The Balaban J connectivity index is 0.00000141. The molecule has 0 aliphatic rings. The van der Waals surface area contributed by atoms with Crippen molar-refractivity contribution in [1.82, 2.24) is 9.78 Å². The molecule has 2 rings (SSSR count). The first-order chi connectivity index (χ1) is 13.8. The van der Waals surface area contributed by atoms with Gasteiger partial charge in [0.1, 0.15) is 5.75 Å². The summed E-state index contributed by atoms with van der Waals surface area (Å²) in [6.45, 7) is 0.823. The van der Waals surface area contributed by atoms with Gasteiger partial charge in [-0.2, -0.15) is 36.6 Å². The zero-order valence-electron chi connectivity index (χ0n) is 16.6. The van der Waals surface area contributed by atoms with Crippen LogP contribution in [-0.2, 0) is 29.5 Å². The molecule has 0 unspecified atom stereocenters. The van der Waals surface area contributed by atoms with Crippen LogP contribution >= 0.6 is 11.6 Å². The molecule has 0 saturated carbocycles. The van der Waals surface area contributed by atoms with Crippen molar-refractivity contribution in [3.8, 4) is 17.0 Å². The number of hydrogen-bond donors (Lipinski definition) is 0. The molecule has 5 nitrogen and oxygen atoms in total. The van der Waals surface area contributed by atoms with Gasteiger partial charge >= 0.3 is 18.9 Å². The van der Waals surface area contributed by atoms with Crippen molar-refractivity contribution in [2.24, 2.45) is 12.5 Å². The van der Waals surface area contributed by atoms with Gasteiger partial charge in [0.15, 0.2) is 0 Å². The van der Waals surface area contributed by atoms with Gasteiger partial charge in [-0.05, 0) is 30.5 Å². The number of benzene rings is 1. The smallest absolute Gasteiger partial charge is 0.394 e. The van der Waals surface area contributed by atoms with E-state index in [1.807, 2.05) is 6.92 Å². The molecule has 0 fully saturated rings. The molecule has 0 spiro atoms. The first kappa shape index (κ1) is 25.6. The summed E-state index contributed by atoms with van der Waals surface area (Å²) in [6.07, 6.45) is -4.03. The first-order valence-corrected chi connectivity index (χ1v) is 9.02. The molecule has 0 radical (unpaired) electrons. The highest BCUT2D eigenvalue weighted by molar-refractivity contribution is 6.33. The van der Waals surface area contributed by atoms with Crippen molar-refractivity contribution < 1.29 is 36.3 Å². The minimum absolute atomic E-state index is 0.228. The van der Waals surface area contributed by atoms with E-state index in [2.05, 4.69) is 9.84 Å². The third-order valence-corrected chi connectivity index (χ3v) is 4.72. The summed E-state index contributed by atoms with van der Waals surface area (Å²) in [6, 6.07) is 4.09. The summed E-state index contributed by atoms with van der Waals surface area (Å²) >= 11 is 6.30. The van der Waals surface area contributed by atoms with Crippen molar-refractivity contribution in [2.45, 2.75) is 46.4 Å². The molecule has 11 heteroatoms. The van der Waals surface area contributed by atoms with Crippen LogP contribution in [0.1, 0.15) is 32.0 Å². The van der Waals surface area contributed by atoms with E-state index in [1.54, 1.807) is 7.05 Å². The van der Waals surface area contributed by atoms with Crippen LogP contribution in [-0.4, -0.2) is 28.7 Å². The number of alkyl halides is 5. The summed E-state index contributed by atoms with van der Waals surface area (Å²) in [5, 5.41) is 4.53. The van der Waals surface area contributed by atoms with E-state index in [0.29, 0.717) is 22.8 Å². The van der Waals surface area contributed by atoms with Crippen LogP contribution < -0.4 is 4.74 Å². The topological polar surface area (TPSA) is 61.2 Å². The Morgan fingerprint density at radius 2 is 1.80 bits per heavy atom. The summed E-state index contributed by atoms with van der Waals surface area (Å²) in [5.74, 6) is -0.243. The van der Waals surface area contributed by atoms with Crippen LogP contribution in [0.5, 0.6) is 5.75 Å². The molecule has 1 aromatic carbocycles. The van der Waals surface area contributed by atoms with Crippen LogP contribution in [0, 0.1) is 5.41 Å². The fraction of sp³-hybridized carbons (Fsp3) is 0.474. The number of nitrogens with zero attached hydrogens (tertiary/aromatic N) is 2. The number of halogens is 6. The molecule has 0 aliphatic carbocycles. The number of carbonyl (C=O) groups excluding carboxylic acids is 2. The van der Waals surface area contributed by atoms with E-state index in [4.69, 9.17) is 21.2 Å². The number of aromatic nitrogens is 2. The molecular formula is C19H20ClF5N2O3. The Hall–Kier alpha value is -2.45. The van der Waals surface area contributed by atoms with Gasteiger partial charge in [0.25, 0.3) is 0 Å². The summed E-state index contributed by atoms with van der Waals surface area (Å²) in [5.41, 5.74) is -0.601. The quantitative estimate of drug-likeness (QED) is 0.544. The van der Waals surface area contributed by atoms with Gasteiger partial charge in [0.2, 0.25) is 0 Å². The molecule has 30 heavy (non-hydrogen) atoms. The third kappa shape index (κ3) is 6.03. The van der Waals surface area contributed by atoms with E-state index >= 15 is 0 Å². The second-order valence-electron chi connectivity index (χ2n) is 6.94. The molecule has 166 valence electrons. The van der Waals surface area contributed by atoms with Crippen molar-refractivity contribution in [3.63, 3.8) is 0 Å². The number of ether oxygens (including phenoxy) is 1. The highest BCUT2D eigenvalue weighted by Gasteiger charge is 2.47. The molecule has 0 amide bonds. The lowest BCUT2D eigenvalue weighted by Gasteiger charge is -2.28. The lowest BCUT2D eigenvalue weighted by molar-refractivity contribution is -0.211. The fourth-order valence-corrected chi connectivity index (χ4v) is 3.14. The van der Waals surface area contributed by atoms with Gasteiger partial charge < -0.3 is 4.74 Å². The van der Waals surface area contributed by atoms with E-state index in [0.717, 1.165) is 13.8 Å². The van der Waals surface area contributed by atoms with Crippen LogP contribution in [0.15, 0.2) is 18.2 Å². The summed E-state index contributed by atoms with van der Waals surface area (Å²) in [7, 11) is 1.60. The maximum atomic E-state index is 13.1. The highest BCUT2D eigenvalue weighted by Crippen LogP contribution is 2.42. The predicted octanol–water partition coefficient (Wildman–Crippen LogP) is 5.45. The van der Waals surface area contributed by atoms with Gasteiger partial charge in [-0.3, -0.25) is 4.68 Å². The van der Waals surface area contributed by atoms with Crippen LogP contribution in [0.4, 0.5) is 22.0 Å². The highest BCUT2D eigenvalue weighted by atomic mass is 35.5. The average molecular weight is 455 g/mol. The second kappa shape index (κ2) is 10.0. The molecule has 0 N–H and O–H groups in total. The van der Waals surface area contributed by atoms with Crippen molar-refractivity contribution in [2.75, 3.05) is 0 Å². The molecule has 1 aromatic heterocycles. The minimum atomic E-state index is -4.43. The first-order valence-electron chi connectivity index (χ1n) is 8.64. The maximum Gasteiger partial charge on any atom is 0.394 e. The Kier molecular flexibility index (Phi) is 8.56. The summed E-state index contributed by atoms with van der Waals surface area (Å²) in [4.78, 5) is 16.2. The van der Waals surface area contributed by atoms with Crippen molar-refractivity contribution in [3.05, 3.63) is 34.5 Å². The SMILES string of the molecule is CCc1nn(C)c(-c2ccc(CC(C)(C)C(F)(F)F)cc2OC(F)F)c1Cl.O=C=O. The minimum Gasteiger partial charge on any atom is -0.434 e. The fourth-order valence-electron chi connectivity index (χ4n) is 2.75. The standard InChI is InChI=1S/C18H20ClF5N2O.CO2/c1-5-12-14(19)15(26(4)25-12)11-7-6-10(8-13(11)27-16(20)21)9-17(2,3)18(22,23)24;2-1-3/h6-8,16H,5,9H2,1-4H3;. The van der Waals surface area contributed by atoms with Crippen molar-refractivity contribution >= 4 is 17.8 Å². The average Bonchev–Trinajstić information content (AvgIpc) is 2.88. The van der Waals surface area contributed by atoms with E-state index in [-0.39, 0.29) is 29.4 Å². The Labute approximate surface area is 174 Å². The zero-order chi connectivity index (χ0) is 23.3. The predicted molar refractivity (Wildman–Crippen MR) is 98.2 cm³/mol. The molecule has 0 aliphatic heterocycles. The van der Waals surface area contributed by atoms with Gasteiger partial charge in [-0.15, -0.1) is 0 Å². The Bertz CT molecular complexity index is 904.